The lowest BCUT2D eigenvalue weighted by Crippen LogP contribution is -2.55. The monoisotopic (exact) mass is 409 g/mol. The van der Waals surface area contributed by atoms with Gasteiger partial charge in [0.2, 0.25) is 11.8 Å². The lowest BCUT2D eigenvalue weighted by molar-refractivity contribution is -0.124. The molecule has 1 aliphatic heterocycles. The van der Waals surface area contributed by atoms with Crippen LogP contribution in [0.3, 0.4) is 0 Å². The average Bonchev–Trinajstić information content (AvgIpc) is 3.09. The number of carbonyl (C=O) groups excluding carboxylic acids is 2. The molecular formula is C27H23NO3. The Bertz CT molecular complexity index is 1200. The van der Waals surface area contributed by atoms with Gasteiger partial charge in [0.25, 0.3) is 0 Å². The predicted octanol–water partition coefficient (Wildman–Crippen LogP) is 3.79. The van der Waals surface area contributed by atoms with E-state index in [2.05, 4.69) is 12.1 Å². The number of carbonyl (C=O) groups is 2. The molecule has 3 aromatic rings. The molecule has 3 aliphatic carbocycles. The number of nitrogens with zero attached hydrogens (tertiary/aromatic N) is 1. The molecule has 1 fully saturated rings. The molecule has 0 aromatic heterocycles. The van der Waals surface area contributed by atoms with Crippen LogP contribution in [-0.2, 0) is 21.4 Å². The van der Waals surface area contributed by atoms with E-state index in [1.165, 1.54) is 4.90 Å². The summed E-state index contributed by atoms with van der Waals surface area (Å²) in [6.45, 7) is 1.82. The average molecular weight is 409 g/mol. The van der Waals surface area contributed by atoms with E-state index in [9.17, 15) is 14.7 Å². The van der Waals surface area contributed by atoms with E-state index >= 15 is 0 Å². The largest absolute Gasteiger partial charge is 0.395 e. The van der Waals surface area contributed by atoms with Crippen molar-refractivity contribution in [1.82, 2.24) is 0 Å². The number of hydrogen-bond acceptors (Lipinski definition) is 3. The van der Waals surface area contributed by atoms with Crippen molar-refractivity contribution in [3.05, 3.63) is 101 Å². The van der Waals surface area contributed by atoms with Gasteiger partial charge in [-0.2, -0.15) is 0 Å². The molecule has 4 aliphatic rings. The molecule has 4 nitrogen and oxygen atoms in total. The fourth-order valence-electron chi connectivity index (χ4n) is 6.46. The molecule has 0 saturated carbocycles. The number of anilines is 1. The third-order valence-corrected chi connectivity index (χ3v) is 7.66. The third kappa shape index (κ3) is 2.08. The van der Waals surface area contributed by atoms with Crippen molar-refractivity contribution in [2.75, 3.05) is 11.5 Å². The molecule has 2 atom stereocenters. The van der Waals surface area contributed by atoms with Gasteiger partial charge in [-0.3, -0.25) is 9.59 Å². The van der Waals surface area contributed by atoms with Crippen LogP contribution in [0.25, 0.3) is 0 Å². The quantitative estimate of drug-likeness (QED) is 0.670. The highest BCUT2D eigenvalue weighted by atomic mass is 16.3. The molecule has 0 radical (unpaired) electrons. The summed E-state index contributed by atoms with van der Waals surface area (Å²) in [6.07, 6.45) is 0.734. The maximum Gasteiger partial charge on any atom is 0.239 e. The molecule has 2 amide bonds. The minimum Gasteiger partial charge on any atom is -0.395 e. The Hall–Kier alpha value is -3.24. The number of para-hydroxylation sites is 1. The summed E-state index contributed by atoms with van der Waals surface area (Å²) in [6, 6.07) is 23.7. The third-order valence-electron chi connectivity index (χ3n) is 7.66. The molecule has 7 rings (SSSR count). The van der Waals surface area contributed by atoms with Crippen LogP contribution in [0.2, 0.25) is 0 Å². The standard InChI is InChI=1S/C27H23NO3/c1-2-16-9-3-8-14-21(16)28-25(30)23-22-17-10-4-6-12-19(17)27(15-29,24(23)26(28)31)20-13-7-5-11-18(20)22/h3-14,22-24,29H,2,15H2,1H3/t22?,23-,24-,27?/m1/s1. The number of aliphatic hydroxyl groups excluding tert-OH is 1. The Morgan fingerprint density at radius 3 is 2.03 bits per heavy atom. The van der Waals surface area contributed by atoms with E-state index in [0.717, 1.165) is 34.2 Å². The highest BCUT2D eigenvalue weighted by Gasteiger charge is 2.68. The summed E-state index contributed by atoms with van der Waals surface area (Å²) in [5, 5.41) is 10.9. The molecule has 0 unspecified atom stereocenters. The Labute approximate surface area is 181 Å². The summed E-state index contributed by atoms with van der Waals surface area (Å²) in [5.74, 6) is -1.64. The van der Waals surface area contributed by atoms with E-state index in [0.29, 0.717) is 5.69 Å². The summed E-state index contributed by atoms with van der Waals surface area (Å²) >= 11 is 0. The van der Waals surface area contributed by atoms with Crippen LogP contribution < -0.4 is 4.90 Å². The van der Waals surface area contributed by atoms with Crippen molar-refractivity contribution in [1.29, 1.82) is 0 Å². The maximum absolute atomic E-state index is 14.0. The highest BCUT2D eigenvalue weighted by molar-refractivity contribution is 6.24. The van der Waals surface area contributed by atoms with Crippen LogP contribution in [0.15, 0.2) is 72.8 Å². The first-order chi connectivity index (χ1) is 15.1. The lowest BCUT2D eigenvalue weighted by atomic mass is 9.47. The van der Waals surface area contributed by atoms with Crippen molar-refractivity contribution in [2.24, 2.45) is 11.8 Å². The van der Waals surface area contributed by atoms with Crippen LogP contribution in [0, 0.1) is 11.8 Å². The van der Waals surface area contributed by atoms with Crippen molar-refractivity contribution in [3.8, 4) is 0 Å². The van der Waals surface area contributed by atoms with Crippen LogP contribution in [0.4, 0.5) is 5.69 Å². The first-order valence-corrected chi connectivity index (χ1v) is 10.9. The molecule has 1 N–H and O–H groups in total. The zero-order chi connectivity index (χ0) is 21.3. The highest BCUT2D eigenvalue weighted by Crippen LogP contribution is 2.64. The fourth-order valence-corrected chi connectivity index (χ4v) is 6.46. The van der Waals surface area contributed by atoms with Crippen molar-refractivity contribution >= 4 is 17.5 Å². The summed E-state index contributed by atoms with van der Waals surface area (Å²) in [5.41, 5.74) is 4.82. The van der Waals surface area contributed by atoms with Crippen LogP contribution in [0.1, 0.15) is 40.7 Å². The normalized spacial score (nSPS) is 27.8. The van der Waals surface area contributed by atoms with E-state index in [1.54, 1.807) is 0 Å². The summed E-state index contributed by atoms with van der Waals surface area (Å²) in [4.78, 5) is 29.3. The van der Waals surface area contributed by atoms with Gasteiger partial charge in [-0.15, -0.1) is 0 Å². The molecule has 4 heteroatoms. The summed E-state index contributed by atoms with van der Waals surface area (Å²) in [7, 11) is 0. The number of imide groups is 1. The second-order valence-corrected chi connectivity index (χ2v) is 8.78. The van der Waals surface area contributed by atoms with Crippen molar-refractivity contribution in [2.45, 2.75) is 24.7 Å². The molecule has 154 valence electrons. The van der Waals surface area contributed by atoms with Crippen LogP contribution >= 0.6 is 0 Å². The lowest BCUT2D eigenvalue weighted by Gasteiger charge is -2.53. The van der Waals surface area contributed by atoms with E-state index in [-0.39, 0.29) is 24.3 Å². The molecule has 0 spiro atoms. The first-order valence-electron chi connectivity index (χ1n) is 10.9. The van der Waals surface area contributed by atoms with Gasteiger partial charge in [0, 0.05) is 5.92 Å². The van der Waals surface area contributed by atoms with Gasteiger partial charge in [-0.1, -0.05) is 73.7 Å². The minimum atomic E-state index is -0.907. The van der Waals surface area contributed by atoms with Gasteiger partial charge in [0.1, 0.15) is 0 Å². The maximum atomic E-state index is 14.0. The first kappa shape index (κ1) is 18.5. The number of rotatable bonds is 3. The minimum absolute atomic E-state index is 0.150. The SMILES string of the molecule is CCc1ccccc1N1C(=O)[C@@H]2C3c4ccccc4C(CO)(c4ccccc43)[C@H]2C1=O. The molecule has 31 heavy (non-hydrogen) atoms. The number of aryl methyl sites for hydroxylation is 1. The van der Waals surface area contributed by atoms with Crippen molar-refractivity contribution < 1.29 is 14.7 Å². The Morgan fingerprint density at radius 1 is 0.839 bits per heavy atom. The van der Waals surface area contributed by atoms with Gasteiger partial charge < -0.3 is 5.11 Å². The topological polar surface area (TPSA) is 57.6 Å². The van der Waals surface area contributed by atoms with E-state index in [1.807, 2.05) is 67.6 Å². The molecule has 1 heterocycles. The number of aliphatic hydroxyl groups is 1. The van der Waals surface area contributed by atoms with Gasteiger partial charge in [0.05, 0.1) is 29.5 Å². The van der Waals surface area contributed by atoms with E-state index < -0.39 is 17.3 Å². The van der Waals surface area contributed by atoms with E-state index in [4.69, 9.17) is 0 Å². The fraction of sp³-hybridized carbons (Fsp3) is 0.259. The second kappa shape index (κ2) is 6.38. The van der Waals surface area contributed by atoms with Gasteiger partial charge in [-0.25, -0.2) is 4.90 Å². The number of benzene rings is 3. The predicted molar refractivity (Wildman–Crippen MR) is 118 cm³/mol. The van der Waals surface area contributed by atoms with Gasteiger partial charge >= 0.3 is 0 Å². The van der Waals surface area contributed by atoms with Gasteiger partial charge in [-0.05, 0) is 40.3 Å². The number of amides is 2. The summed E-state index contributed by atoms with van der Waals surface area (Å²) < 4.78 is 0. The smallest absolute Gasteiger partial charge is 0.239 e. The molecule has 3 aromatic carbocycles. The van der Waals surface area contributed by atoms with Crippen molar-refractivity contribution in [3.63, 3.8) is 0 Å². The van der Waals surface area contributed by atoms with Gasteiger partial charge in [0.15, 0.2) is 0 Å². The molecule has 1 saturated heterocycles. The number of hydrogen-bond donors (Lipinski definition) is 1. The zero-order valence-electron chi connectivity index (χ0n) is 17.3. The molecule has 2 bridgehead atoms. The Balaban J connectivity index is 1.64. The Morgan fingerprint density at radius 2 is 1.42 bits per heavy atom. The van der Waals surface area contributed by atoms with Crippen LogP contribution in [-0.4, -0.2) is 23.5 Å². The zero-order valence-corrected chi connectivity index (χ0v) is 17.3. The second-order valence-electron chi connectivity index (χ2n) is 8.78. The molecular weight excluding hydrogens is 386 g/mol. The van der Waals surface area contributed by atoms with Crippen LogP contribution in [0.5, 0.6) is 0 Å². The Kier molecular flexibility index (Phi) is 3.81.